The molecule has 9 fully saturated rings. The van der Waals surface area contributed by atoms with Gasteiger partial charge in [0.1, 0.15) is 35.4 Å². The molecule has 5 aliphatic carbocycles. The number of carbonyl (C=O) groups excluding carboxylic acids is 3. The number of rotatable bonds is 11. The zero-order valence-electron chi connectivity index (χ0n) is 35.7. The Bertz CT molecular complexity index is 1890. The number of ether oxygens (including phenoxy) is 5. The predicted octanol–water partition coefficient (Wildman–Crippen LogP) is 6.16. The summed E-state index contributed by atoms with van der Waals surface area (Å²) in [5.41, 5.74) is 1.77. The number of nitrogens with zero attached hydrogens (tertiary/aromatic N) is 1. The van der Waals surface area contributed by atoms with Gasteiger partial charge in [-0.25, -0.2) is 0 Å². The van der Waals surface area contributed by atoms with E-state index in [9.17, 15) is 14.7 Å². The van der Waals surface area contributed by atoms with Crippen molar-refractivity contribution >= 4 is 23.9 Å². The van der Waals surface area contributed by atoms with E-state index >= 15 is 4.79 Å². The van der Waals surface area contributed by atoms with E-state index in [0.29, 0.717) is 17.9 Å². The summed E-state index contributed by atoms with van der Waals surface area (Å²) in [6.45, 7) is 12.4. The third-order valence-electron chi connectivity index (χ3n) is 15.7. The number of amides is 1. The standard InChI is InChI=1S/C47H64N2O10/c1-43(2,3)56-36(51)18-16-31(25-50)48-42(53)46-23-34-37-38(58-47(57-37,29-12-13-29)30-14-15-30)40(46)59-49(39(46)41(52)54-34)24-28-10-8-7-9-26(28)21-27-11-17-35-45(6,55-35)20-19-33-32(27)22-44(33,4)5/h7-10,21,29-35,37-40,50H,11-20,22-25H2,1-6H3,(H,48,53). The molecule has 12 heteroatoms. The van der Waals surface area contributed by atoms with Gasteiger partial charge in [0.25, 0.3) is 0 Å². The fourth-order valence-electron chi connectivity index (χ4n) is 12.3. The summed E-state index contributed by atoms with van der Waals surface area (Å²) in [7, 11) is 0. The van der Waals surface area contributed by atoms with E-state index in [1.807, 2.05) is 6.07 Å². The lowest BCUT2D eigenvalue weighted by atomic mass is 9.52. The molecule has 4 heterocycles. The number of epoxide rings is 1. The van der Waals surface area contributed by atoms with Crippen LogP contribution in [0.25, 0.3) is 6.08 Å². The van der Waals surface area contributed by atoms with E-state index in [1.165, 1.54) is 5.57 Å². The smallest absolute Gasteiger partial charge is 0.327 e. The Morgan fingerprint density at radius 1 is 1.00 bits per heavy atom. The summed E-state index contributed by atoms with van der Waals surface area (Å²) >= 11 is 0. The summed E-state index contributed by atoms with van der Waals surface area (Å²) in [5, 5.41) is 15.2. The van der Waals surface area contributed by atoms with Crippen LogP contribution in [0.15, 0.2) is 29.8 Å². The second-order valence-electron chi connectivity index (χ2n) is 21.5. The average molecular weight is 817 g/mol. The molecule has 2 bridgehead atoms. The van der Waals surface area contributed by atoms with E-state index in [4.69, 9.17) is 28.5 Å². The minimum absolute atomic E-state index is 0.00264. The molecule has 1 amide bonds. The highest BCUT2D eigenvalue weighted by Crippen LogP contribution is 2.64. The molecule has 1 aromatic carbocycles. The van der Waals surface area contributed by atoms with Gasteiger partial charge in [-0.1, -0.05) is 49.8 Å². The fourth-order valence-corrected chi connectivity index (χ4v) is 12.3. The van der Waals surface area contributed by atoms with Gasteiger partial charge in [-0.05, 0) is 120 Å². The van der Waals surface area contributed by atoms with Crippen LogP contribution < -0.4 is 5.32 Å². The normalized spacial score (nSPS) is 40.3. The summed E-state index contributed by atoms with van der Waals surface area (Å²) in [4.78, 5) is 49.2. The molecule has 2 N–H and O–H groups in total. The number of allylic oxidation sites excluding steroid dienone is 1. The Morgan fingerprint density at radius 2 is 1.73 bits per heavy atom. The Labute approximate surface area is 348 Å². The third kappa shape index (κ3) is 6.90. The van der Waals surface area contributed by atoms with E-state index in [0.717, 1.165) is 68.9 Å². The van der Waals surface area contributed by atoms with Crippen LogP contribution in [0.1, 0.15) is 130 Å². The maximum atomic E-state index is 15.0. The number of carbonyl (C=O) groups is 3. The highest BCUT2D eigenvalue weighted by atomic mass is 16.8. The number of nitrogens with one attached hydrogen (secondary N) is 1. The Balaban J connectivity index is 0.965. The van der Waals surface area contributed by atoms with Crippen LogP contribution in [0.3, 0.4) is 0 Å². The van der Waals surface area contributed by atoms with Gasteiger partial charge in [-0.15, -0.1) is 0 Å². The lowest BCUT2D eigenvalue weighted by molar-refractivity contribution is -0.235. The largest absolute Gasteiger partial charge is 0.460 e. The van der Waals surface area contributed by atoms with Gasteiger partial charge >= 0.3 is 11.9 Å². The second-order valence-corrected chi connectivity index (χ2v) is 21.5. The first-order chi connectivity index (χ1) is 28.0. The molecule has 0 radical (unpaired) electrons. The van der Waals surface area contributed by atoms with Crippen molar-refractivity contribution in [2.24, 2.45) is 34.5 Å². The van der Waals surface area contributed by atoms with Crippen LogP contribution in [0.4, 0.5) is 0 Å². The number of aliphatic hydroxyl groups is 1. The maximum absolute atomic E-state index is 15.0. The lowest BCUT2D eigenvalue weighted by Gasteiger charge is -2.53. The molecule has 59 heavy (non-hydrogen) atoms. The van der Waals surface area contributed by atoms with Crippen LogP contribution in [0.2, 0.25) is 0 Å². The maximum Gasteiger partial charge on any atom is 0.327 e. The average Bonchev–Trinajstić information content (AvgIpc) is 4.12. The molecule has 0 spiro atoms. The van der Waals surface area contributed by atoms with Crippen molar-refractivity contribution in [3.05, 3.63) is 41.0 Å². The molecule has 5 saturated carbocycles. The summed E-state index contributed by atoms with van der Waals surface area (Å²) in [5.74, 6) is -0.467. The molecule has 0 aromatic heterocycles. The van der Waals surface area contributed by atoms with Gasteiger partial charge in [0.2, 0.25) is 5.91 Å². The van der Waals surface area contributed by atoms with Crippen LogP contribution >= 0.6 is 0 Å². The van der Waals surface area contributed by atoms with E-state index in [1.54, 1.807) is 25.8 Å². The number of esters is 2. The molecule has 11 unspecified atom stereocenters. The Kier molecular flexibility index (Phi) is 9.59. The Hall–Kier alpha value is -2.87. The van der Waals surface area contributed by atoms with E-state index in [-0.39, 0.29) is 55.3 Å². The van der Waals surface area contributed by atoms with E-state index < -0.39 is 71.1 Å². The number of hydrogen-bond donors (Lipinski definition) is 2. The van der Waals surface area contributed by atoms with Gasteiger partial charge in [0.05, 0.1) is 30.9 Å². The number of fused-ring (bicyclic) bond motifs is 6. The molecular formula is C47H64N2O10. The predicted molar refractivity (Wildman–Crippen MR) is 215 cm³/mol. The molecule has 9 aliphatic rings. The van der Waals surface area contributed by atoms with Crippen molar-refractivity contribution < 1.29 is 48.0 Å². The SMILES string of the molecule is CC(C)(C)OC(=O)CCC(CO)NC(=O)C12CC3OC(=O)C1N(Cc1ccccc1C=C1CCC4OC4(C)CCC4C1CC4(C)C)OC2C1OC(C2CC2)(C2CC2)OC31. The molecule has 10 rings (SSSR count). The number of hydrogen-bond acceptors (Lipinski definition) is 11. The van der Waals surface area contributed by atoms with Crippen molar-refractivity contribution in [3.63, 3.8) is 0 Å². The first kappa shape index (κ1) is 40.2. The van der Waals surface area contributed by atoms with Crippen LogP contribution in [-0.2, 0) is 49.5 Å². The zero-order chi connectivity index (χ0) is 41.3. The molecule has 1 aromatic rings. The van der Waals surface area contributed by atoms with Gasteiger partial charge in [-0.3, -0.25) is 19.2 Å². The number of aliphatic hydroxyl groups excluding tert-OH is 1. The molecule has 12 nitrogen and oxygen atoms in total. The third-order valence-corrected chi connectivity index (χ3v) is 15.7. The zero-order valence-corrected chi connectivity index (χ0v) is 35.7. The molecule has 11 atom stereocenters. The molecular weight excluding hydrogens is 753 g/mol. The minimum atomic E-state index is -1.39. The topological polar surface area (TPSA) is 145 Å². The summed E-state index contributed by atoms with van der Waals surface area (Å²) in [6, 6.07) is 6.49. The van der Waals surface area contributed by atoms with Crippen LogP contribution in [0, 0.1) is 34.5 Å². The van der Waals surface area contributed by atoms with Crippen molar-refractivity contribution in [1.29, 1.82) is 0 Å². The van der Waals surface area contributed by atoms with Gasteiger partial charge in [0.15, 0.2) is 11.8 Å². The monoisotopic (exact) mass is 816 g/mol. The van der Waals surface area contributed by atoms with Crippen LogP contribution in [-0.4, -0.2) is 94.2 Å². The summed E-state index contributed by atoms with van der Waals surface area (Å²) in [6.07, 6.45) is 9.83. The van der Waals surface area contributed by atoms with Crippen molar-refractivity contribution in [3.8, 4) is 0 Å². The number of hydroxylamine groups is 2. The first-order valence-electron chi connectivity index (χ1n) is 22.6. The van der Waals surface area contributed by atoms with E-state index in [2.05, 4.69) is 50.4 Å². The second kappa shape index (κ2) is 14.1. The van der Waals surface area contributed by atoms with Gasteiger partial charge < -0.3 is 34.1 Å². The quantitative estimate of drug-likeness (QED) is 0.196. The van der Waals surface area contributed by atoms with Crippen molar-refractivity contribution in [1.82, 2.24) is 10.4 Å². The minimum Gasteiger partial charge on any atom is -0.460 e. The molecule has 4 saturated heterocycles. The summed E-state index contributed by atoms with van der Waals surface area (Å²) < 4.78 is 32.0. The lowest BCUT2D eigenvalue weighted by Crippen LogP contribution is -2.70. The molecule has 322 valence electrons. The highest BCUT2D eigenvalue weighted by molar-refractivity contribution is 5.94. The van der Waals surface area contributed by atoms with Gasteiger partial charge in [0, 0.05) is 24.7 Å². The molecule has 4 aliphatic heterocycles. The van der Waals surface area contributed by atoms with Crippen molar-refractivity contribution in [2.75, 3.05) is 6.61 Å². The highest BCUT2D eigenvalue weighted by Gasteiger charge is 2.78. The van der Waals surface area contributed by atoms with Crippen LogP contribution in [0.5, 0.6) is 0 Å². The first-order valence-corrected chi connectivity index (χ1v) is 22.6. The van der Waals surface area contributed by atoms with Gasteiger partial charge in [-0.2, -0.15) is 5.06 Å². The van der Waals surface area contributed by atoms with Crippen molar-refractivity contribution in [2.45, 2.75) is 185 Å². The Morgan fingerprint density at radius 3 is 2.42 bits per heavy atom. The number of benzene rings is 1. The fraction of sp³-hybridized carbons (Fsp3) is 0.766.